The minimum atomic E-state index is -0.148. The van der Waals surface area contributed by atoms with E-state index in [1.54, 1.807) is 6.07 Å². The summed E-state index contributed by atoms with van der Waals surface area (Å²) in [5.74, 6) is -0.265. The van der Waals surface area contributed by atoms with Crippen LogP contribution in [0, 0.1) is 0 Å². The molecule has 146 valence electrons. The van der Waals surface area contributed by atoms with E-state index in [1.807, 2.05) is 54.6 Å². The molecular weight excluding hydrogens is 380 g/mol. The molecule has 4 nitrogen and oxygen atoms in total. The molecule has 0 spiro atoms. The van der Waals surface area contributed by atoms with Crippen molar-refractivity contribution in [2.45, 2.75) is 29.1 Å². The van der Waals surface area contributed by atoms with Gasteiger partial charge >= 0.3 is 0 Å². The molecule has 4 rings (SSSR count). The van der Waals surface area contributed by atoms with Gasteiger partial charge in [-0.1, -0.05) is 54.2 Å². The number of aryl methyl sites for hydroxylation is 1. The van der Waals surface area contributed by atoms with Gasteiger partial charge < -0.3 is 10.6 Å². The third-order valence-electron chi connectivity index (χ3n) is 4.86. The van der Waals surface area contributed by atoms with Crippen LogP contribution in [0.2, 0.25) is 0 Å². The largest absolute Gasteiger partial charge is 0.352 e. The van der Waals surface area contributed by atoms with E-state index in [0.29, 0.717) is 23.4 Å². The van der Waals surface area contributed by atoms with Crippen molar-refractivity contribution >= 4 is 29.3 Å². The lowest BCUT2D eigenvalue weighted by atomic mass is 10.1. The maximum Gasteiger partial charge on any atom is 0.256 e. The van der Waals surface area contributed by atoms with Crippen molar-refractivity contribution < 1.29 is 9.59 Å². The Morgan fingerprint density at radius 3 is 2.55 bits per heavy atom. The smallest absolute Gasteiger partial charge is 0.256 e. The standard InChI is InChI=1S/C24H22N2O2S/c27-23(25-15-7-6-10-17-8-2-1-3-9-17)18-13-14-22-20(16-18)26-24(28)19-11-4-5-12-21(19)29-22/h1-5,8-9,11-14,16H,6-7,10,15H2,(H,25,27)(H,26,28). The molecule has 5 heteroatoms. The van der Waals surface area contributed by atoms with Gasteiger partial charge in [0.15, 0.2) is 0 Å². The Morgan fingerprint density at radius 2 is 1.69 bits per heavy atom. The predicted molar refractivity (Wildman–Crippen MR) is 117 cm³/mol. The number of anilines is 1. The van der Waals surface area contributed by atoms with Gasteiger partial charge in [-0.15, -0.1) is 0 Å². The fourth-order valence-electron chi connectivity index (χ4n) is 3.31. The number of amides is 2. The molecule has 0 saturated heterocycles. The summed E-state index contributed by atoms with van der Waals surface area (Å²) in [5.41, 5.74) is 3.20. The van der Waals surface area contributed by atoms with E-state index in [9.17, 15) is 9.59 Å². The summed E-state index contributed by atoms with van der Waals surface area (Å²) in [7, 11) is 0. The molecule has 0 unspecified atom stereocenters. The minimum absolute atomic E-state index is 0.117. The van der Waals surface area contributed by atoms with Crippen LogP contribution in [-0.2, 0) is 6.42 Å². The molecule has 1 aliphatic rings. The number of hydrogen-bond acceptors (Lipinski definition) is 3. The third kappa shape index (κ3) is 4.69. The van der Waals surface area contributed by atoms with Gasteiger partial charge in [0.2, 0.25) is 0 Å². The summed E-state index contributed by atoms with van der Waals surface area (Å²) in [6, 6.07) is 23.3. The molecule has 0 saturated carbocycles. The lowest BCUT2D eigenvalue weighted by molar-refractivity contribution is 0.0951. The van der Waals surface area contributed by atoms with Crippen LogP contribution in [0.3, 0.4) is 0 Å². The van der Waals surface area contributed by atoms with Crippen molar-refractivity contribution in [2.24, 2.45) is 0 Å². The molecule has 1 aliphatic heterocycles. The molecule has 0 atom stereocenters. The highest BCUT2D eigenvalue weighted by molar-refractivity contribution is 7.99. The second-order valence-corrected chi connectivity index (χ2v) is 8.05. The predicted octanol–water partition coefficient (Wildman–Crippen LogP) is 5.16. The van der Waals surface area contributed by atoms with Gasteiger partial charge in [0, 0.05) is 21.9 Å². The Kier molecular flexibility index (Phi) is 5.96. The SMILES string of the molecule is O=C(NCCCCc1ccccc1)c1ccc2c(c1)NC(=O)c1ccccc1S2. The van der Waals surface area contributed by atoms with Crippen molar-refractivity contribution in [3.05, 3.63) is 89.5 Å². The zero-order valence-electron chi connectivity index (χ0n) is 16.0. The zero-order valence-corrected chi connectivity index (χ0v) is 16.8. The topological polar surface area (TPSA) is 58.2 Å². The number of hydrogen-bond donors (Lipinski definition) is 2. The first kappa shape index (κ1) is 19.3. The summed E-state index contributed by atoms with van der Waals surface area (Å²) >= 11 is 1.53. The summed E-state index contributed by atoms with van der Waals surface area (Å²) in [4.78, 5) is 26.9. The van der Waals surface area contributed by atoms with Gasteiger partial charge in [-0.2, -0.15) is 0 Å². The lowest BCUT2D eigenvalue weighted by Gasteiger charge is -2.10. The minimum Gasteiger partial charge on any atom is -0.352 e. The quantitative estimate of drug-likeness (QED) is 0.560. The number of unbranched alkanes of at least 4 members (excludes halogenated alkanes) is 1. The van der Waals surface area contributed by atoms with Crippen LogP contribution in [0.1, 0.15) is 39.1 Å². The lowest BCUT2D eigenvalue weighted by Crippen LogP contribution is -2.24. The van der Waals surface area contributed by atoms with Crippen LogP contribution >= 0.6 is 11.8 Å². The average Bonchev–Trinajstić information content (AvgIpc) is 2.89. The number of fused-ring (bicyclic) bond motifs is 2. The maximum absolute atomic E-state index is 12.5. The van der Waals surface area contributed by atoms with Crippen molar-refractivity contribution in [1.29, 1.82) is 0 Å². The first-order valence-corrected chi connectivity index (χ1v) is 10.6. The molecule has 1 heterocycles. The van der Waals surface area contributed by atoms with Crippen molar-refractivity contribution in [3.8, 4) is 0 Å². The van der Waals surface area contributed by atoms with Crippen LogP contribution < -0.4 is 10.6 Å². The van der Waals surface area contributed by atoms with E-state index in [0.717, 1.165) is 29.1 Å². The van der Waals surface area contributed by atoms with E-state index in [2.05, 4.69) is 22.8 Å². The summed E-state index contributed by atoms with van der Waals surface area (Å²) in [6.07, 6.45) is 2.96. The van der Waals surface area contributed by atoms with Crippen molar-refractivity contribution in [1.82, 2.24) is 5.32 Å². The van der Waals surface area contributed by atoms with Crippen LogP contribution in [0.25, 0.3) is 0 Å². The van der Waals surface area contributed by atoms with E-state index in [4.69, 9.17) is 0 Å². The molecule has 0 radical (unpaired) electrons. The Bertz CT molecular complexity index is 1030. The van der Waals surface area contributed by atoms with Crippen LogP contribution in [0.15, 0.2) is 82.6 Å². The highest BCUT2D eigenvalue weighted by Crippen LogP contribution is 2.38. The molecule has 3 aromatic carbocycles. The highest BCUT2D eigenvalue weighted by Gasteiger charge is 2.20. The number of carbonyl (C=O) groups is 2. The van der Waals surface area contributed by atoms with E-state index in [1.165, 1.54) is 17.3 Å². The van der Waals surface area contributed by atoms with Gasteiger partial charge in [-0.3, -0.25) is 9.59 Å². The van der Waals surface area contributed by atoms with Gasteiger partial charge in [0.1, 0.15) is 0 Å². The van der Waals surface area contributed by atoms with Crippen LogP contribution in [0.5, 0.6) is 0 Å². The molecule has 0 aliphatic carbocycles. The van der Waals surface area contributed by atoms with Crippen LogP contribution in [-0.4, -0.2) is 18.4 Å². The fourth-order valence-corrected chi connectivity index (χ4v) is 4.32. The van der Waals surface area contributed by atoms with E-state index in [-0.39, 0.29) is 11.8 Å². The third-order valence-corrected chi connectivity index (χ3v) is 6.01. The summed E-state index contributed by atoms with van der Waals surface area (Å²) in [6.45, 7) is 0.634. The number of benzene rings is 3. The Morgan fingerprint density at radius 1 is 0.897 bits per heavy atom. The molecule has 0 aromatic heterocycles. The molecule has 3 aromatic rings. The number of rotatable bonds is 6. The normalized spacial score (nSPS) is 12.3. The Labute approximate surface area is 174 Å². The summed E-state index contributed by atoms with van der Waals surface area (Å²) < 4.78 is 0. The van der Waals surface area contributed by atoms with Gasteiger partial charge in [0.05, 0.1) is 11.3 Å². The number of nitrogens with one attached hydrogen (secondary N) is 2. The number of carbonyl (C=O) groups excluding carboxylic acids is 2. The molecular formula is C24H22N2O2S. The van der Waals surface area contributed by atoms with Crippen molar-refractivity contribution in [3.63, 3.8) is 0 Å². The highest BCUT2D eigenvalue weighted by atomic mass is 32.2. The van der Waals surface area contributed by atoms with Crippen LogP contribution in [0.4, 0.5) is 5.69 Å². The molecule has 2 N–H and O–H groups in total. The average molecular weight is 403 g/mol. The van der Waals surface area contributed by atoms with E-state index >= 15 is 0 Å². The molecule has 0 bridgehead atoms. The monoisotopic (exact) mass is 402 g/mol. The maximum atomic E-state index is 12.5. The fraction of sp³-hybridized carbons (Fsp3) is 0.167. The van der Waals surface area contributed by atoms with Gasteiger partial charge in [-0.05, 0) is 55.2 Å². The molecule has 0 fully saturated rings. The Balaban J connectivity index is 1.34. The van der Waals surface area contributed by atoms with Crippen molar-refractivity contribution in [2.75, 3.05) is 11.9 Å². The Hall–Kier alpha value is -3.05. The summed E-state index contributed by atoms with van der Waals surface area (Å²) in [5, 5.41) is 5.91. The zero-order chi connectivity index (χ0) is 20.1. The van der Waals surface area contributed by atoms with E-state index < -0.39 is 0 Å². The first-order chi connectivity index (χ1) is 14.2. The van der Waals surface area contributed by atoms with Gasteiger partial charge in [-0.25, -0.2) is 0 Å². The van der Waals surface area contributed by atoms with Gasteiger partial charge in [0.25, 0.3) is 11.8 Å². The second kappa shape index (κ2) is 8.97. The molecule has 29 heavy (non-hydrogen) atoms. The second-order valence-electron chi connectivity index (χ2n) is 6.96. The molecule has 2 amide bonds. The first-order valence-electron chi connectivity index (χ1n) is 9.75.